The molecule has 0 radical (unpaired) electrons. The molecule has 0 spiro atoms. The maximum atomic E-state index is 2.79. The Morgan fingerprint density at radius 2 is 1.09 bits per heavy atom. The number of nitrogens with zero attached hydrogens (tertiary/aromatic N) is 2. The van der Waals surface area contributed by atoms with E-state index in [-0.39, 0.29) is 0 Å². The van der Waals surface area contributed by atoms with Crippen LogP contribution in [-0.4, -0.2) is 49.6 Å². The van der Waals surface area contributed by atoms with Crippen LogP contribution >= 0.6 is 0 Å². The number of likely N-dealkylation sites (tertiary alicyclic amines) is 1. The second-order valence-electron chi connectivity index (χ2n) is 11.9. The summed E-state index contributed by atoms with van der Waals surface area (Å²) in [5.41, 5.74) is 0. The minimum atomic E-state index is 0.940. The van der Waals surface area contributed by atoms with Crippen LogP contribution in [0.15, 0.2) is 0 Å². The van der Waals surface area contributed by atoms with E-state index >= 15 is 0 Å². The second-order valence-corrected chi connectivity index (χ2v) is 11.9. The van der Waals surface area contributed by atoms with Crippen LogP contribution in [0.25, 0.3) is 0 Å². The number of rotatable bonds is 24. The molecule has 0 amide bonds. The molecule has 2 nitrogen and oxygen atoms in total. The number of hydrogen-bond acceptors (Lipinski definition) is 2. The Kier molecular flexibility index (Phi) is 21.9. The van der Waals surface area contributed by atoms with Crippen molar-refractivity contribution in [2.24, 2.45) is 11.8 Å². The van der Waals surface area contributed by atoms with Gasteiger partial charge in [0.05, 0.1) is 0 Å². The molecule has 1 aliphatic heterocycles. The first-order valence-corrected chi connectivity index (χ1v) is 16.1. The van der Waals surface area contributed by atoms with E-state index in [1.54, 1.807) is 0 Å². The van der Waals surface area contributed by atoms with E-state index < -0.39 is 0 Å². The van der Waals surface area contributed by atoms with Crippen molar-refractivity contribution in [1.29, 1.82) is 0 Å². The molecule has 2 heteroatoms. The molecule has 1 rings (SSSR count). The topological polar surface area (TPSA) is 6.48 Å². The Morgan fingerprint density at radius 1 is 0.618 bits per heavy atom. The van der Waals surface area contributed by atoms with Crippen molar-refractivity contribution < 1.29 is 0 Å². The fourth-order valence-electron chi connectivity index (χ4n) is 6.02. The van der Waals surface area contributed by atoms with Crippen molar-refractivity contribution in [1.82, 2.24) is 9.80 Å². The molecule has 204 valence electrons. The van der Waals surface area contributed by atoms with Crippen molar-refractivity contribution in [2.75, 3.05) is 39.8 Å². The number of unbranched alkanes of at least 4 members (excludes halogenated alkanes) is 12. The molecule has 0 saturated carbocycles. The summed E-state index contributed by atoms with van der Waals surface area (Å²) in [4.78, 5) is 5.42. The molecule has 0 aliphatic carbocycles. The van der Waals surface area contributed by atoms with Crippen LogP contribution in [0.5, 0.6) is 0 Å². The van der Waals surface area contributed by atoms with Crippen molar-refractivity contribution >= 4 is 0 Å². The zero-order valence-corrected chi connectivity index (χ0v) is 24.4. The third-order valence-corrected chi connectivity index (χ3v) is 8.44. The first-order valence-electron chi connectivity index (χ1n) is 16.1. The Labute approximate surface area is 217 Å². The van der Waals surface area contributed by atoms with Gasteiger partial charge < -0.3 is 9.80 Å². The van der Waals surface area contributed by atoms with E-state index in [9.17, 15) is 0 Å². The fourth-order valence-corrected chi connectivity index (χ4v) is 6.02. The summed E-state index contributed by atoms with van der Waals surface area (Å²) in [7, 11) is 2.37. The van der Waals surface area contributed by atoms with Gasteiger partial charge in [-0.15, -0.1) is 0 Å². The average molecular weight is 479 g/mol. The van der Waals surface area contributed by atoms with Gasteiger partial charge in [0.1, 0.15) is 0 Å². The monoisotopic (exact) mass is 479 g/mol. The van der Waals surface area contributed by atoms with Crippen molar-refractivity contribution in [3.8, 4) is 0 Å². The van der Waals surface area contributed by atoms with Crippen LogP contribution in [0, 0.1) is 11.8 Å². The van der Waals surface area contributed by atoms with Gasteiger partial charge >= 0.3 is 0 Å². The van der Waals surface area contributed by atoms with Crippen LogP contribution in [0.4, 0.5) is 0 Å². The summed E-state index contributed by atoms with van der Waals surface area (Å²) in [6.07, 6.45) is 30.2. The van der Waals surface area contributed by atoms with Gasteiger partial charge in [-0.1, -0.05) is 124 Å². The van der Waals surface area contributed by atoms with E-state index in [1.807, 2.05) is 0 Å². The maximum Gasteiger partial charge on any atom is 0.000756 e. The van der Waals surface area contributed by atoms with E-state index in [0.29, 0.717) is 0 Å². The normalized spacial score (nSPS) is 15.7. The molecule has 1 aliphatic rings. The summed E-state index contributed by atoms with van der Waals surface area (Å²) < 4.78 is 0. The Balaban J connectivity index is 2.12. The van der Waals surface area contributed by atoms with Crippen LogP contribution in [0.2, 0.25) is 0 Å². The predicted molar refractivity (Wildman–Crippen MR) is 155 cm³/mol. The Morgan fingerprint density at radius 3 is 1.65 bits per heavy atom. The van der Waals surface area contributed by atoms with Gasteiger partial charge in [0.15, 0.2) is 0 Å². The highest BCUT2D eigenvalue weighted by Gasteiger charge is 2.20. The largest absolute Gasteiger partial charge is 0.306 e. The number of hydrogen-bond donors (Lipinski definition) is 0. The van der Waals surface area contributed by atoms with E-state index in [4.69, 9.17) is 0 Å². The SMILES string of the molecule is CCCCCCCCCN(C)CC1CCN(CCCC(CCCCCC)CCCCCC)CC1. The lowest BCUT2D eigenvalue weighted by molar-refractivity contribution is 0.149. The van der Waals surface area contributed by atoms with Crippen molar-refractivity contribution in [3.63, 3.8) is 0 Å². The molecule has 1 heterocycles. The molecule has 0 aromatic rings. The van der Waals surface area contributed by atoms with Crippen LogP contribution in [-0.2, 0) is 0 Å². The zero-order chi connectivity index (χ0) is 24.7. The quantitative estimate of drug-likeness (QED) is 0.127. The van der Waals surface area contributed by atoms with Gasteiger partial charge in [0.25, 0.3) is 0 Å². The second kappa shape index (κ2) is 23.3. The van der Waals surface area contributed by atoms with Gasteiger partial charge in [-0.3, -0.25) is 0 Å². The minimum absolute atomic E-state index is 0.940. The fraction of sp³-hybridized carbons (Fsp3) is 1.00. The van der Waals surface area contributed by atoms with Gasteiger partial charge in [-0.2, -0.15) is 0 Å². The van der Waals surface area contributed by atoms with Crippen molar-refractivity contribution in [2.45, 2.75) is 156 Å². The summed E-state index contributed by atoms with van der Waals surface area (Å²) in [5, 5.41) is 0. The Hall–Kier alpha value is -0.0800. The molecule has 0 bridgehead atoms. The van der Waals surface area contributed by atoms with Gasteiger partial charge in [0.2, 0.25) is 0 Å². The summed E-state index contributed by atoms with van der Waals surface area (Å²) in [6.45, 7) is 13.7. The van der Waals surface area contributed by atoms with Gasteiger partial charge in [-0.25, -0.2) is 0 Å². The van der Waals surface area contributed by atoms with Crippen molar-refractivity contribution in [3.05, 3.63) is 0 Å². The maximum absolute atomic E-state index is 2.79. The van der Waals surface area contributed by atoms with Crippen LogP contribution in [0.3, 0.4) is 0 Å². The van der Waals surface area contributed by atoms with Crippen LogP contribution in [0.1, 0.15) is 156 Å². The zero-order valence-electron chi connectivity index (χ0n) is 24.4. The average Bonchev–Trinajstić information content (AvgIpc) is 2.84. The first-order chi connectivity index (χ1) is 16.7. The van der Waals surface area contributed by atoms with Crippen LogP contribution < -0.4 is 0 Å². The molecule has 0 atom stereocenters. The smallest absolute Gasteiger partial charge is 0.000756 e. The summed E-state index contributed by atoms with van der Waals surface area (Å²) >= 11 is 0. The third kappa shape index (κ3) is 18.2. The molecule has 0 N–H and O–H groups in total. The molecule has 34 heavy (non-hydrogen) atoms. The molecule has 0 aromatic carbocycles. The highest BCUT2D eigenvalue weighted by atomic mass is 15.1. The molecule has 1 saturated heterocycles. The first kappa shape index (κ1) is 31.9. The standard InChI is InChI=1S/C32H66N2/c1-5-8-11-14-15-16-19-26-33(4)30-32-24-28-34(29-25-32)27-20-23-31(21-17-12-9-6-2)22-18-13-10-7-3/h31-32H,5-30H2,1-4H3. The van der Waals surface area contributed by atoms with E-state index in [1.165, 1.54) is 168 Å². The number of piperidine rings is 1. The Bertz CT molecular complexity index is 390. The lowest BCUT2D eigenvalue weighted by Crippen LogP contribution is -2.38. The molecular weight excluding hydrogens is 412 g/mol. The lowest BCUT2D eigenvalue weighted by atomic mass is 9.90. The highest BCUT2D eigenvalue weighted by molar-refractivity contribution is 4.75. The third-order valence-electron chi connectivity index (χ3n) is 8.44. The predicted octanol–water partition coefficient (Wildman–Crippen LogP) is 9.72. The van der Waals surface area contributed by atoms with Gasteiger partial charge in [0, 0.05) is 6.54 Å². The van der Waals surface area contributed by atoms with E-state index in [2.05, 4.69) is 37.6 Å². The summed E-state index contributed by atoms with van der Waals surface area (Å²) in [5.74, 6) is 1.95. The molecule has 1 fully saturated rings. The lowest BCUT2D eigenvalue weighted by Gasteiger charge is -2.34. The molecule has 0 aromatic heterocycles. The summed E-state index contributed by atoms with van der Waals surface area (Å²) in [6, 6.07) is 0. The highest BCUT2D eigenvalue weighted by Crippen LogP contribution is 2.24. The van der Waals surface area contributed by atoms with Gasteiger partial charge in [-0.05, 0) is 77.2 Å². The molecular formula is C32H66N2. The van der Waals surface area contributed by atoms with E-state index in [0.717, 1.165) is 11.8 Å². The minimum Gasteiger partial charge on any atom is -0.306 e. The molecule has 0 unspecified atom stereocenters.